The number of rotatable bonds is 8. The molecule has 5 nitrogen and oxygen atoms in total. The Morgan fingerprint density at radius 3 is 2.91 bits per heavy atom. The summed E-state index contributed by atoms with van der Waals surface area (Å²) >= 11 is 0. The first-order valence-corrected chi connectivity index (χ1v) is 8.94. The number of hydrogen-bond donors (Lipinski definition) is 1. The smallest absolute Gasteiger partial charge is 0.225 e. The number of amides is 2. The van der Waals surface area contributed by atoms with E-state index in [4.69, 9.17) is 0 Å². The molecule has 0 saturated carbocycles. The number of allylic oxidation sites excluding steroid dienone is 1. The zero-order valence-corrected chi connectivity index (χ0v) is 14.6. The largest absolute Gasteiger partial charge is 0.355 e. The van der Waals surface area contributed by atoms with E-state index in [1.165, 1.54) is 31.3 Å². The van der Waals surface area contributed by atoms with Crippen LogP contribution in [0, 0.1) is 5.92 Å². The highest BCUT2D eigenvalue weighted by Gasteiger charge is 2.33. The van der Waals surface area contributed by atoms with Gasteiger partial charge in [0.2, 0.25) is 11.8 Å². The molecule has 0 aromatic heterocycles. The van der Waals surface area contributed by atoms with Gasteiger partial charge in [-0.25, -0.2) is 0 Å². The number of carbonyl (C=O) groups excluding carboxylic acids is 2. The van der Waals surface area contributed by atoms with Crippen LogP contribution in [-0.2, 0) is 9.59 Å². The van der Waals surface area contributed by atoms with Crippen molar-refractivity contribution in [3.8, 4) is 0 Å². The Hall–Kier alpha value is -1.36. The Balaban J connectivity index is 1.66. The maximum atomic E-state index is 12.2. The predicted molar refractivity (Wildman–Crippen MR) is 92.0 cm³/mol. The van der Waals surface area contributed by atoms with Crippen LogP contribution in [0.25, 0.3) is 0 Å². The molecular formula is C18H31N3O2. The highest BCUT2D eigenvalue weighted by Crippen LogP contribution is 2.20. The van der Waals surface area contributed by atoms with Crippen molar-refractivity contribution in [1.29, 1.82) is 0 Å². The van der Waals surface area contributed by atoms with Gasteiger partial charge >= 0.3 is 0 Å². The fourth-order valence-electron chi connectivity index (χ4n) is 3.36. The first kappa shape index (κ1) is 18.0. The van der Waals surface area contributed by atoms with Crippen molar-refractivity contribution in [3.63, 3.8) is 0 Å². The molecule has 1 N–H and O–H groups in total. The summed E-state index contributed by atoms with van der Waals surface area (Å²) in [6, 6.07) is 0. The van der Waals surface area contributed by atoms with Gasteiger partial charge in [0.05, 0.1) is 5.92 Å². The fraction of sp³-hybridized carbons (Fsp3) is 0.778. The molecule has 0 bridgehead atoms. The first-order chi connectivity index (χ1) is 11.1. The van der Waals surface area contributed by atoms with Crippen molar-refractivity contribution >= 4 is 11.8 Å². The first-order valence-electron chi connectivity index (χ1n) is 8.94. The van der Waals surface area contributed by atoms with E-state index in [-0.39, 0.29) is 17.7 Å². The number of hydrogen-bond acceptors (Lipinski definition) is 3. The van der Waals surface area contributed by atoms with Crippen molar-refractivity contribution in [2.45, 2.75) is 44.9 Å². The molecule has 1 heterocycles. The lowest BCUT2D eigenvalue weighted by Gasteiger charge is -2.18. The second-order valence-electron chi connectivity index (χ2n) is 7.05. The third-order valence-corrected chi connectivity index (χ3v) is 4.75. The molecule has 1 aliphatic carbocycles. The molecule has 130 valence electrons. The molecule has 0 aromatic carbocycles. The zero-order chi connectivity index (χ0) is 16.7. The second kappa shape index (κ2) is 9.06. The fourth-order valence-corrected chi connectivity index (χ4v) is 3.36. The number of likely N-dealkylation sites (tertiary alicyclic amines) is 1. The van der Waals surface area contributed by atoms with Crippen molar-refractivity contribution in [2.24, 2.45) is 5.92 Å². The average Bonchev–Trinajstić information content (AvgIpc) is 2.89. The van der Waals surface area contributed by atoms with Gasteiger partial charge in [-0.15, -0.1) is 0 Å². The topological polar surface area (TPSA) is 52.6 Å². The maximum absolute atomic E-state index is 12.2. The van der Waals surface area contributed by atoms with Crippen LogP contribution < -0.4 is 5.32 Å². The minimum Gasteiger partial charge on any atom is -0.355 e. The van der Waals surface area contributed by atoms with Gasteiger partial charge in [-0.05, 0) is 59.2 Å². The van der Waals surface area contributed by atoms with Crippen molar-refractivity contribution < 1.29 is 9.59 Å². The van der Waals surface area contributed by atoms with Crippen LogP contribution in [0.1, 0.15) is 44.9 Å². The van der Waals surface area contributed by atoms with Crippen molar-refractivity contribution in [2.75, 3.05) is 40.3 Å². The quantitative estimate of drug-likeness (QED) is 0.694. The Bertz CT molecular complexity index is 446. The Morgan fingerprint density at radius 2 is 2.22 bits per heavy atom. The summed E-state index contributed by atoms with van der Waals surface area (Å²) < 4.78 is 0. The molecule has 0 spiro atoms. The lowest BCUT2D eigenvalue weighted by atomic mass is 9.97. The molecule has 1 atom stereocenters. The number of nitrogens with one attached hydrogen (secondary N) is 1. The molecule has 1 saturated heterocycles. The van der Waals surface area contributed by atoms with Gasteiger partial charge in [-0.1, -0.05) is 11.6 Å². The minimum absolute atomic E-state index is 0.0462. The summed E-state index contributed by atoms with van der Waals surface area (Å²) in [6.07, 6.45) is 9.54. The molecule has 2 rings (SSSR count). The number of carbonyl (C=O) groups is 2. The third kappa shape index (κ3) is 5.98. The van der Waals surface area contributed by atoms with Gasteiger partial charge in [-0.3, -0.25) is 9.59 Å². The minimum atomic E-state index is -0.165. The van der Waals surface area contributed by atoms with E-state index in [0.717, 1.165) is 25.9 Å². The summed E-state index contributed by atoms with van der Waals surface area (Å²) in [5.41, 5.74) is 1.48. The predicted octanol–water partition coefficient (Wildman–Crippen LogP) is 1.79. The zero-order valence-electron chi connectivity index (χ0n) is 14.6. The van der Waals surface area contributed by atoms with Crippen LogP contribution in [0.3, 0.4) is 0 Å². The van der Waals surface area contributed by atoms with Crippen LogP contribution in [-0.4, -0.2) is 61.9 Å². The number of nitrogens with zero attached hydrogens (tertiary/aromatic N) is 2. The normalized spacial score (nSPS) is 21.7. The summed E-state index contributed by atoms with van der Waals surface area (Å²) in [7, 11) is 4.06. The Morgan fingerprint density at radius 1 is 1.39 bits per heavy atom. The maximum Gasteiger partial charge on any atom is 0.225 e. The lowest BCUT2D eigenvalue weighted by molar-refractivity contribution is -0.129. The standard InChI is InChI=1S/C18H31N3O2/c1-20(2)11-6-12-21-14-16(13-17(21)22)18(23)19-10-9-15-7-4-3-5-8-15/h7,16H,3-6,8-14H2,1-2H3,(H,19,23). The lowest BCUT2D eigenvalue weighted by Crippen LogP contribution is -2.34. The van der Waals surface area contributed by atoms with Gasteiger partial charge in [0, 0.05) is 26.1 Å². The molecule has 0 aromatic rings. The Kier molecular flexibility index (Phi) is 7.09. The van der Waals surface area contributed by atoms with E-state index in [2.05, 4.69) is 16.3 Å². The molecule has 23 heavy (non-hydrogen) atoms. The van der Waals surface area contributed by atoms with E-state index in [1.54, 1.807) is 0 Å². The van der Waals surface area contributed by atoms with E-state index in [1.807, 2.05) is 19.0 Å². The molecule has 5 heteroatoms. The summed E-state index contributed by atoms with van der Waals surface area (Å²) in [4.78, 5) is 28.2. The van der Waals surface area contributed by atoms with Gasteiger partial charge in [0.25, 0.3) is 0 Å². The van der Waals surface area contributed by atoms with Crippen molar-refractivity contribution in [3.05, 3.63) is 11.6 Å². The van der Waals surface area contributed by atoms with Gasteiger partial charge < -0.3 is 15.1 Å². The molecule has 1 unspecified atom stereocenters. The van der Waals surface area contributed by atoms with Crippen LogP contribution in [0.2, 0.25) is 0 Å². The van der Waals surface area contributed by atoms with Crippen LogP contribution in [0.15, 0.2) is 11.6 Å². The summed E-state index contributed by atoms with van der Waals surface area (Å²) in [5.74, 6) is 0.00551. The molecule has 1 fully saturated rings. The van der Waals surface area contributed by atoms with Gasteiger partial charge in [0.15, 0.2) is 0 Å². The SMILES string of the molecule is CN(C)CCCN1CC(C(=O)NCCC2=CCCCC2)CC1=O. The molecule has 1 aliphatic heterocycles. The molecular weight excluding hydrogens is 290 g/mol. The highest BCUT2D eigenvalue weighted by atomic mass is 16.2. The van der Waals surface area contributed by atoms with Gasteiger partial charge in [-0.2, -0.15) is 0 Å². The van der Waals surface area contributed by atoms with E-state index < -0.39 is 0 Å². The van der Waals surface area contributed by atoms with Crippen LogP contribution in [0.4, 0.5) is 0 Å². The highest BCUT2D eigenvalue weighted by molar-refractivity contribution is 5.89. The Labute approximate surface area is 140 Å². The van der Waals surface area contributed by atoms with Crippen molar-refractivity contribution in [1.82, 2.24) is 15.1 Å². The van der Waals surface area contributed by atoms with E-state index >= 15 is 0 Å². The molecule has 0 radical (unpaired) electrons. The second-order valence-corrected chi connectivity index (χ2v) is 7.05. The van der Waals surface area contributed by atoms with Gasteiger partial charge in [0.1, 0.15) is 0 Å². The van der Waals surface area contributed by atoms with Crippen LogP contribution in [0.5, 0.6) is 0 Å². The average molecular weight is 321 g/mol. The van der Waals surface area contributed by atoms with E-state index in [0.29, 0.717) is 19.5 Å². The molecule has 2 aliphatic rings. The summed E-state index contributed by atoms with van der Waals surface area (Å²) in [5, 5.41) is 3.02. The van der Waals surface area contributed by atoms with E-state index in [9.17, 15) is 9.59 Å². The monoisotopic (exact) mass is 321 g/mol. The molecule has 2 amide bonds. The van der Waals surface area contributed by atoms with Crippen LogP contribution >= 0.6 is 0 Å². The summed E-state index contributed by atoms with van der Waals surface area (Å²) in [6.45, 7) is 3.01. The third-order valence-electron chi connectivity index (χ3n) is 4.75.